The van der Waals surface area contributed by atoms with Crippen molar-refractivity contribution in [2.45, 2.75) is 70.8 Å². The Bertz CT molecular complexity index is 389. The molecule has 4 bridgehead atoms. The van der Waals surface area contributed by atoms with Gasteiger partial charge in [-0.25, -0.2) is 0 Å². The normalized spacial score (nSPS) is 43.2. The molecular formula is C21H37NO2. The summed E-state index contributed by atoms with van der Waals surface area (Å²) in [6, 6.07) is 0. The van der Waals surface area contributed by atoms with Crippen LogP contribution in [0.15, 0.2) is 0 Å². The second-order valence-corrected chi connectivity index (χ2v) is 9.90. The first-order chi connectivity index (χ1) is 11.6. The highest BCUT2D eigenvalue weighted by Gasteiger charge is 2.50. The van der Waals surface area contributed by atoms with Gasteiger partial charge in [0.05, 0.1) is 12.7 Å². The Hall–Kier alpha value is -0.120. The predicted octanol–water partition coefficient (Wildman–Crippen LogP) is 3.70. The first-order valence-corrected chi connectivity index (χ1v) is 10.6. The summed E-state index contributed by atoms with van der Waals surface area (Å²) in [5.74, 6) is 3.87. The number of hydrogen-bond donors (Lipinski definition) is 1. The lowest BCUT2D eigenvalue weighted by atomic mass is 9.49. The van der Waals surface area contributed by atoms with Crippen LogP contribution in [0.4, 0.5) is 0 Å². The highest BCUT2D eigenvalue weighted by atomic mass is 16.5. The van der Waals surface area contributed by atoms with Crippen LogP contribution in [0.2, 0.25) is 0 Å². The van der Waals surface area contributed by atoms with Gasteiger partial charge in [0.15, 0.2) is 0 Å². The van der Waals surface area contributed by atoms with Crippen LogP contribution in [-0.2, 0) is 4.74 Å². The number of aliphatic hydroxyl groups is 1. The standard InChI is InChI=1S/C21H37NO2/c1-16-3-2-5-22(13-16)14-20(23)15-24-6-4-21-10-17-7-18(11-21)9-19(8-17)12-21/h16-20,23H,2-15H2,1H3. The van der Waals surface area contributed by atoms with Gasteiger partial charge in [0.25, 0.3) is 0 Å². The molecule has 0 aromatic rings. The topological polar surface area (TPSA) is 32.7 Å². The van der Waals surface area contributed by atoms with Crippen LogP contribution in [-0.4, -0.2) is 49.0 Å². The van der Waals surface area contributed by atoms with Crippen LogP contribution in [0.25, 0.3) is 0 Å². The maximum atomic E-state index is 10.3. The maximum Gasteiger partial charge on any atom is 0.0900 e. The van der Waals surface area contributed by atoms with Gasteiger partial charge in [-0.05, 0) is 93.4 Å². The molecule has 1 aliphatic heterocycles. The van der Waals surface area contributed by atoms with E-state index in [4.69, 9.17) is 4.74 Å². The van der Waals surface area contributed by atoms with E-state index in [1.165, 1.54) is 57.8 Å². The molecule has 5 aliphatic rings. The van der Waals surface area contributed by atoms with E-state index in [-0.39, 0.29) is 6.10 Å². The van der Waals surface area contributed by atoms with Crippen molar-refractivity contribution in [2.24, 2.45) is 29.1 Å². The average Bonchev–Trinajstić information content (AvgIpc) is 2.50. The quantitative estimate of drug-likeness (QED) is 0.720. The molecule has 1 saturated heterocycles. The molecule has 1 heterocycles. The van der Waals surface area contributed by atoms with Crippen LogP contribution < -0.4 is 0 Å². The second kappa shape index (κ2) is 7.25. The fraction of sp³-hybridized carbons (Fsp3) is 1.00. The molecule has 0 radical (unpaired) electrons. The summed E-state index contributed by atoms with van der Waals surface area (Å²) < 4.78 is 5.93. The molecule has 5 fully saturated rings. The zero-order chi connectivity index (χ0) is 16.6. The second-order valence-electron chi connectivity index (χ2n) is 9.90. The van der Waals surface area contributed by atoms with Gasteiger partial charge in [0.2, 0.25) is 0 Å². The van der Waals surface area contributed by atoms with Crippen LogP contribution >= 0.6 is 0 Å². The smallest absolute Gasteiger partial charge is 0.0900 e. The van der Waals surface area contributed by atoms with Gasteiger partial charge in [0, 0.05) is 19.7 Å². The molecule has 4 aliphatic carbocycles. The number of nitrogens with zero attached hydrogens (tertiary/aromatic N) is 1. The molecular weight excluding hydrogens is 298 g/mol. The molecule has 2 unspecified atom stereocenters. The highest BCUT2D eigenvalue weighted by molar-refractivity contribution is 5.01. The summed E-state index contributed by atoms with van der Waals surface area (Å²) in [6.45, 7) is 6.79. The van der Waals surface area contributed by atoms with Crippen LogP contribution in [0.3, 0.4) is 0 Å². The van der Waals surface area contributed by atoms with Gasteiger partial charge >= 0.3 is 0 Å². The fourth-order valence-corrected chi connectivity index (χ4v) is 6.91. The van der Waals surface area contributed by atoms with Crippen molar-refractivity contribution >= 4 is 0 Å². The van der Waals surface area contributed by atoms with Gasteiger partial charge in [0.1, 0.15) is 0 Å². The van der Waals surface area contributed by atoms with Crippen molar-refractivity contribution in [3.05, 3.63) is 0 Å². The Balaban J connectivity index is 1.16. The zero-order valence-corrected chi connectivity index (χ0v) is 15.6. The van der Waals surface area contributed by atoms with Gasteiger partial charge in [-0.15, -0.1) is 0 Å². The summed E-state index contributed by atoms with van der Waals surface area (Å²) in [5.41, 5.74) is 0.613. The molecule has 0 amide bonds. The monoisotopic (exact) mass is 335 g/mol. The van der Waals surface area contributed by atoms with E-state index in [1.807, 2.05) is 0 Å². The van der Waals surface area contributed by atoms with Gasteiger partial charge in [-0.3, -0.25) is 0 Å². The fourth-order valence-electron chi connectivity index (χ4n) is 6.91. The first kappa shape index (κ1) is 17.3. The van der Waals surface area contributed by atoms with Crippen molar-refractivity contribution < 1.29 is 9.84 Å². The number of aliphatic hydroxyl groups excluding tert-OH is 1. The highest BCUT2D eigenvalue weighted by Crippen LogP contribution is 2.61. The first-order valence-electron chi connectivity index (χ1n) is 10.6. The Morgan fingerprint density at radius 1 is 1.12 bits per heavy atom. The van der Waals surface area contributed by atoms with E-state index in [0.717, 1.165) is 49.9 Å². The number of piperidine rings is 1. The molecule has 3 nitrogen and oxygen atoms in total. The van der Waals surface area contributed by atoms with E-state index < -0.39 is 0 Å². The van der Waals surface area contributed by atoms with E-state index in [1.54, 1.807) is 0 Å². The number of β-amino-alcohol motifs (C(OH)–C–C–N with tert-alkyl or cyclic N) is 1. The molecule has 0 spiro atoms. The molecule has 24 heavy (non-hydrogen) atoms. The summed E-state index contributed by atoms with van der Waals surface area (Å²) in [4.78, 5) is 2.42. The molecule has 0 aromatic heterocycles. The summed E-state index contributed by atoms with van der Waals surface area (Å²) in [6.07, 6.45) is 12.5. The average molecular weight is 336 g/mol. The Kier molecular flexibility index (Phi) is 5.22. The molecule has 4 saturated carbocycles. The third-order valence-electron chi connectivity index (χ3n) is 7.46. The number of hydrogen-bond acceptors (Lipinski definition) is 3. The number of rotatable bonds is 7. The number of ether oxygens (including phenoxy) is 1. The minimum absolute atomic E-state index is 0.313. The summed E-state index contributed by atoms with van der Waals surface area (Å²) in [7, 11) is 0. The van der Waals surface area contributed by atoms with Crippen molar-refractivity contribution in [2.75, 3.05) is 32.8 Å². The Morgan fingerprint density at radius 3 is 2.42 bits per heavy atom. The van der Waals surface area contributed by atoms with Crippen LogP contribution in [0.1, 0.15) is 64.7 Å². The molecule has 138 valence electrons. The van der Waals surface area contributed by atoms with Crippen molar-refractivity contribution in [3.8, 4) is 0 Å². The number of likely N-dealkylation sites (tertiary alicyclic amines) is 1. The van der Waals surface area contributed by atoms with Gasteiger partial charge in [-0.2, -0.15) is 0 Å². The lowest BCUT2D eigenvalue weighted by Crippen LogP contribution is -2.46. The minimum atomic E-state index is -0.313. The predicted molar refractivity (Wildman–Crippen MR) is 96.9 cm³/mol. The summed E-state index contributed by atoms with van der Waals surface area (Å²) in [5, 5.41) is 10.3. The van der Waals surface area contributed by atoms with E-state index in [9.17, 15) is 5.11 Å². The van der Waals surface area contributed by atoms with E-state index >= 15 is 0 Å². The largest absolute Gasteiger partial charge is 0.389 e. The van der Waals surface area contributed by atoms with Gasteiger partial charge in [-0.1, -0.05) is 6.92 Å². The van der Waals surface area contributed by atoms with Gasteiger partial charge < -0.3 is 14.7 Å². The SMILES string of the molecule is CC1CCCN(CC(O)COCCC23CC4CC(CC(C4)C2)C3)C1. The summed E-state index contributed by atoms with van der Waals surface area (Å²) >= 11 is 0. The Labute approximate surface area is 148 Å². The third-order valence-corrected chi connectivity index (χ3v) is 7.46. The lowest BCUT2D eigenvalue weighted by Gasteiger charge is -2.57. The van der Waals surface area contributed by atoms with Crippen molar-refractivity contribution in [3.63, 3.8) is 0 Å². The van der Waals surface area contributed by atoms with Crippen molar-refractivity contribution in [1.82, 2.24) is 4.90 Å². The molecule has 1 N–H and O–H groups in total. The lowest BCUT2D eigenvalue weighted by molar-refractivity contribution is -0.0743. The zero-order valence-electron chi connectivity index (χ0n) is 15.6. The Morgan fingerprint density at radius 2 is 1.79 bits per heavy atom. The van der Waals surface area contributed by atoms with Crippen LogP contribution in [0, 0.1) is 29.1 Å². The van der Waals surface area contributed by atoms with Crippen LogP contribution in [0.5, 0.6) is 0 Å². The van der Waals surface area contributed by atoms with Crippen molar-refractivity contribution in [1.29, 1.82) is 0 Å². The van der Waals surface area contributed by atoms with E-state index in [2.05, 4.69) is 11.8 Å². The van der Waals surface area contributed by atoms with E-state index in [0.29, 0.717) is 12.0 Å². The minimum Gasteiger partial charge on any atom is -0.389 e. The molecule has 5 rings (SSSR count). The molecule has 2 atom stereocenters. The maximum absolute atomic E-state index is 10.3. The third kappa shape index (κ3) is 3.99. The molecule has 0 aromatic carbocycles. The molecule has 3 heteroatoms.